The molecule has 0 atom stereocenters. The van der Waals surface area contributed by atoms with Gasteiger partial charge in [0.2, 0.25) is 5.88 Å². The molecular weight excluding hydrogens is 176 g/mol. The van der Waals surface area contributed by atoms with E-state index >= 15 is 0 Å². The van der Waals surface area contributed by atoms with Gasteiger partial charge in [0.15, 0.2) is 0 Å². The Morgan fingerprint density at radius 1 is 1.67 bits per heavy atom. The first-order chi connectivity index (χ1) is 5.77. The van der Waals surface area contributed by atoms with E-state index in [-0.39, 0.29) is 0 Å². The van der Waals surface area contributed by atoms with Crippen LogP contribution in [0.2, 0.25) is 5.02 Å². The van der Waals surface area contributed by atoms with Gasteiger partial charge in [-0.1, -0.05) is 11.6 Å². The Kier molecular flexibility index (Phi) is 3.31. The molecule has 0 saturated heterocycles. The fraction of sp³-hybridized carbons (Fsp3) is 0.375. The second kappa shape index (κ2) is 4.28. The third kappa shape index (κ3) is 2.09. The van der Waals surface area contributed by atoms with Crippen LogP contribution in [0.15, 0.2) is 12.3 Å². The maximum absolute atomic E-state index is 5.75. The van der Waals surface area contributed by atoms with Crippen LogP contribution >= 0.6 is 11.6 Å². The average Bonchev–Trinajstić information content (AvgIpc) is 2.05. The van der Waals surface area contributed by atoms with Gasteiger partial charge in [0, 0.05) is 11.8 Å². The van der Waals surface area contributed by atoms with E-state index in [1.54, 1.807) is 13.3 Å². The number of hydrogen-bond acceptors (Lipinski definition) is 3. The molecule has 2 N–H and O–H groups in total. The fourth-order valence-corrected chi connectivity index (χ4v) is 1.17. The zero-order valence-electron chi connectivity index (χ0n) is 6.88. The molecule has 0 saturated carbocycles. The predicted molar refractivity (Wildman–Crippen MR) is 48.6 cm³/mol. The first kappa shape index (κ1) is 9.29. The molecule has 3 nitrogen and oxygen atoms in total. The van der Waals surface area contributed by atoms with Crippen molar-refractivity contribution in [1.82, 2.24) is 4.98 Å². The highest BCUT2D eigenvalue weighted by Gasteiger charge is 2.03. The monoisotopic (exact) mass is 186 g/mol. The minimum absolute atomic E-state index is 0.568. The Bertz CT molecular complexity index is 265. The molecule has 4 heteroatoms. The van der Waals surface area contributed by atoms with Crippen molar-refractivity contribution >= 4 is 11.6 Å². The van der Waals surface area contributed by atoms with Gasteiger partial charge in [0.25, 0.3) is 0 Å². The normalized spacial score (nSPS) is 9.92. The highest BCUT2D eigenvalue weighted by molar-refractivity contribution is 6.30. The van der Waals surface area contributed by atoms with Crippen molar-refractivity contribution in [2.45, 2.75) is 6.42 Å². The smallest absolute Gasteiger partial charge is 0.216 e. The summed E-state index contributed by atoms with van der Waals surface area (Å²) in [6, 6.07) is 1.82. The molecule has 0 amide bonds. The van der Waals surface area contributed by atoms with E-state index in [0.29, 0.717) is 17.4 Å². The van der Waals surface area contributed by atoms with E-state index in [0.717, 1.165) is 12.0 Å². The number of methoxy groups -OCH3 is 1. The van der Waals surface area contributed by atoms with Crippen molar-refractivity contribution in [3.63, 3.8) is 0 Å². The minimum atomic E-state index is 0.568. The van der Waals surface area contributed by atoms with Gasteiger partial charge in [-0.25, -0.2) is 4.98 Å². The number of nitrogens with zero attached hydrogens (tertiary/aromatic N) is 1. The lowest BCUT2D eigenvalue weighted by Gasteiger charge is -2.05. The molecule has 0 aromatic carbocycles. The maximum Gasteiger partial charge on any atom is 0.216 e. The van der Waals surface area contributed by atoms with E-state index in [4.69, 9.17) is 22.1 Å². The molecule has 0 fully saturated rings. The van der Waals surface area contributed by atoms with Crippen LogP contribution in [0.3, 0.4) is 0 Å². The maximum atomic E-state index is 5.75. The first-order valence-corrected chi connectivity index (χ1v) is 4.04. The van der Waals surface area contributed by atoms with Gasteiger partial charge in [0.1, 0.15) is 0 Å². The number of nitrogens with two attached hydrogens (primary N) is 1. The summed E-state index contributed by atoms with van der Waals surface area (Å²) in [5.74, 6) is 0.602. The Hall–Kier alpha value is -0.800. The summed E-state index contributed by atoms with van der Waals surface area (Å²) in [4.78, 5) is 4.01. The highest BCUT2D eigenvalue weighted by Crippen LogP contribution is 2.18. The van der Waals surface area contributed by atoms with Crippen molar-refractivity contribution in [3.8, 4) is 5.88 Å². The Morgan fingerprint density at radius 3 is 3.00 bits per heavy atom. The lowest BCUT2D eigenvalue weighted by Crippen LogP contribution is -2.05. The number of aromatic nitrogens is 1. The van der Waals surface area contributed by atoms with E-state index in [1.165, 1.54) is 0 Å². The second-order valence-electron chi connectivity index (χ2n) is 2.36. The van der Waals surface area contributed by atoms with Crippen LogP contribution in [0.4, 0.5) is 0 Å². The van der Waals surface area contributed by atoms with E-state index in [2.05, 4.69) is 4.98 Å². The molecule has 0 aliphatic heterocycles. The quantitative estimate of drug-likeness (QED) is 0.773. The Morgan fingerprint density at radius 2 is 2.42 bits per heavy atom. The molecule has 0 radical (unpaired) electrons. The molecule has 66 valence electrons. The van der Waals surface area contributed by atoms with Gasteiger partial charge in [0.05, 0.1) is 12.1 Å². The minimum Gasteiger partial charge on any atom is -0.481 e. The molecule has 1 rings (SSSR count). The molecule has 1 aromatic rings. The summed E-state index contributed by atoms with van der Waals surface area (Å²) in [7, 11) is 1.58. The molecule has 0 aliphatic rings. The van der Waals surface area contributed by atoms with E-state index < -0.39 is 0 Å². The van der Waals surface area contributed by atoms with E-state index in [1.807, 2.05) is 6.07 Å². The van der Waals surface area contributed by atoms with Gasteiger partial charge in [-0.2, -0.15) is 0 Å². The van der Waals surface area contributed by atoms with Gasteiger partial charge < -0.3 is 10.5 Å². The summed E-state index contributed by atoms with van der Waals surface area (Å²) in [6.45, 7) is 0.568. The zero-order valence-corrected chi connectivity index (χ0v) is 7.64. The predicted octanol–water partition coefficient (Wildman–Crippen LogP) is 1.24. The summed E-state index contributed by atoms with van der Waals surface area (Å²) < 4.78 is 5.03. The summed E-state index contributed by atoms with van der Waals surface area (Å²) in [6.07, 6.45) is 2.29. The summed E-state index contributed by atoms with van der Waals surface area (Å²) >= 11 is 5.75. The average molecular weight is 187 g/mol. The topological polar surface area (TPSA) is 48.1 Å². The van der Waals surface area contributed by atoms with Crippen LogP contribution in [0.1, 0.15) is 5.56 Å². The Balaban J connectivity index is 2.95. The number of pyridine rings is 1. The van der Waals surface area contributed by atoms with Gasteiger partial charge in [-0.3, -0.25) is 0 Å². The highest BCUT2D eigenvalue weighted by atomic mass is 35.5. The molecule has 0 aliphatic carbocycles. The number of hydrogen-bond donors (Lipinski definition) is 1. The second-order valence-corrected chi connectivity index (χ2v) is 2.80. The zero-order chi connectivity index (χ0) is 8.97. The van der Waals surface area contributed by atoms with Crippen LogP contribution < -0.4 is 10.5 Å². The molecule has 1 heterocycles. The van der Waals surface area contributed by atoms with Crippen LogP contribution in [-0.4, -0.2) is 18.6 Å². The third-order valence-electron chi connectivity index (χ3n) is 1.50. The number of ether oxygens (including phenoxy) is 1. The number of rotatable bonds is 3. The first-order valence-electron chi connectivity index (χ1n) is 3.66. The molecule has 0 bridgehead atoms. The van der Waals surface area contributed by atoms with Crippen molar-refractivity contribution in [3.05, 3.63) is 22.8 Å². The van der Waals surface area contributed by atoms with E-state index in [9.17, 15) is 0 Å². The van der Waals surface area contributed by atoms with Crippen molar-refractivity contribution in [2.75, 3.05) is 13.7 Å². The number of halogens is 1. The van der Waals surface area contributed by atoms with Crippen molar-refractivity contribution < 1.29 is 4.74 Å². The molecule has 12 heavy (non-hydrogen) atoms. The van der Waals surface area contributed by atoms with Crippen molar-refractivity contribution in [2.24, 2.45) is 5.73 Å². The van der Waals surface area contributed by atoms with Crippen LogP contribution in [0, 0.1) is 0 Å². The fourth-order valence-electron chi connectivity index (χ4n) is 0.987. The third-order valence-corrected chi connectivity index (χ3v) is 1.71. The lowest BCUT2D eigenvalue weighted by atomic mass is 10.2. The standard InChI is InChI=1S/C8H11ClN2O/c1-12-8-6(2-3-10)4-7(9)5-11-8/h4-5H,2-3,10H2,1H3. The molecular formula is C8H11ClN2O. The lowest BCUT2D eigenvalue weighted by molar-refractivity contribution is 0.392. The summed E-state index contributed by atoms with van der Waals surface area (Å²) in [5.41, 5.74) is 6.36. The van der Waals surface area contributed by atoms with Crippen molar-refractivity contribution in [1.29, 1.82) is 0 Å². The molecule has 0 unspecified atom stereocenters. The van der Waals surface area contributed by atoms with Gasteiger partial charge in [-0.15, -0.1) is 0 Å². The van der Waals surface area contributed by atoms with Crippen LogP contribution in [0.25, 0.3) is 0 Å². The van der Waals surface area contributed by atoms with Gasteiger partial charge in [-0.05, 0) is 19.0 Å². The molecule has 1 aromatic heterocycles. The van der Waals surface area contributed by atoms with Gasteiger partial charge >= 0.3 is 0 Å². The SMILES string of the molecule is COc1ncc(Cl)cc1CCN. The van der Waals surface area contributed by atoms with Crippen LogP contribution in [0.5, 0.6) is 5.88 Å². The van der Waals surface area contributed by atoms with Crippen LogP contribution in [-0.2, 0) is 6.42 Å². The Labute approximate surface area is 76.5 Å². The largest absolute Gasteiger partial charge is 0.481 e. The molecule has 0 spiro atoms. The summed E-state index contributed by atoms with van der Waals surface area (Å²) in [5, 5.41) is 0.610.